The lowest BCUT2D eigenvalue weighted by molar-refractivity contribution is 0.330. The number of benzene rings is 1. The zero-order valence-electron chi connectivity index (χ0n) is 10.3. The summed E-state index contributed by atoms with van der Waals surface area (Å²) >= 11 is 5.79. The van der Waals surface area contributed by atoms with Gasteiger partial charge < -0.3 is 14.5 Å². The van der Waals surface area contributed by atoms with Gasteiger partial charge in [0.1, 0.15) is 12.0 Å². The molecule has 0 saturated heterocycles. The number of ether oxygens (including phenoxy) is 1. The molecular weight excluding hydrogens is 252 g/mol. The van der Waals surface area contributed by atoms with Gasteiger partial charge in [-0.15, -0.1) is 0 Å². The van der Waals surface area contributed by atoms with Crippen LogP contribution in [0.15, 0.2) is 34.9 Å². The molecule has 0 aliphatic heterocycles. The third-order valence-electron chi connectivity index (χ3n) is 2.24. The van der Waals surface area contributed by atoms with Crippen LogP contribution < -0.4 is 10.1 Å². The topological polar surface area (TPSA) is 47.3 Å². The monoisotopic (exact) mass is 266 g/mol. The van der Waals surface area contributed by atoms with E-state index in [2.05, 4.69) is 24.1 Å². The fraction of sp³-hybridized carbons (Fsp3) is 0.308. The molecule has 2 aromatic rings. The molecule has 1 heterocycles. The minimum atomic E-state index is 0.234. The second kappa shape index (κ2) is 5.89. The lowest BCUT2D eigenvalue weighted by atomic mass is 10.3. The number of nitrogens with one attached hydrogen (secondary N) is 1. The molecule has 18 heavy (non-hydrogen) atoms. The standard InChI is InChI=1S/C13H15ClN2O2/c1-9(2)15-7-11-8-17-13(16-11)18-12-5-3-10(14)4-6-12/h3-6,8-9,15H,7H2,1-2H3. The average molecular weight is 267 g/mol. The van der Waals surface area contributed by atoms with Crippen molar-refractivity contribution in [3.63, 3.8) is 0 Å². The molecule has 5 heteroatoms. The maximum atomic E-state index is 5.79. The van der Waals surface area contributed by atoms with Gasteiger partial charge in [0.05, 0.1) is 5.69 Å². The summed E-state index contributed by atoms with van der Waals surface area (Å²) in [6.45, 7) is 4.81. The summed E-state index contributed by atoms with van der Waals surface area (Å²) in [5.74, 6) is 0.643. The number of halogens is 1. The highest BCUT2D eigenvalue weighted by Gasteiger charge is 2.06. The molecule has 0 bridgehead atoms. The molecule has 1 aromatic carbocycles. The molecule has 0 fully saturated rings. The maximum Gasteiger partial charge on any atom is 0.399 e. The van der Waals surface area contributed by atoms with Gasteiger partial charge in [-0.3, -0.25) is 0 Å². The van der Waals surface area contributed by atoms with Gasteiger partial charge in [0.15, 0.2) is 0 Å². The van der Waals surface area contributed by atoms with Crippen LogP contribution in [-0.4, -0.2) is 11.0 Å². The second-order valence-corrected chi connectivity index (χ2v) is 4.63. The van der Waals surface area contributed by atoms with E-state index in [1.54, 1.807) is 30.5 Å². The van der Waals surface area contributed by atoms with Gasteiger partial charge in [-0.25, -0.2) is 0 Å². The highest BCUT2D eigenvalue weighted by Crippen LogP contribution is 2.22. The maximum absolute atomic E-state index is 5.79. The first kappa shape index (κ1) is 12.9. The van der Waals surface area contributed by atoms with Crippen LogP contribution in [0.25, 0.3) is 0 Å². The van der Waals surface area contributed by atoms with Crippen LogP contribution >= 0.6 is 11.6 Å². The van der Waals surface area contributed by atoms with E-state index in [-0.39, 0.29) is 6.08 Å². The minimum absolute atomic E-state index is 0.234. The van der Waals surface area contributed by atoms with Crippen LogP contribution in [0.1, 0.15) is 19.5 Å². The van der Waals surface area contributed by atoms with Crippen molar-refractivity contribution in [1.82, 2.24) is 10.3 Å². The summed E-state index contributed by atoms with van der Waals surface area (Å²) in [4.78, 5) is 4.22. The predicted molar refractivity (Wildman–Crippen MR) is 70.0 cm³/mol. The van der Waals surface area contributed by atoms with Gasteiger partial charge in [0.2, 0.25) is 0 Å². The Morgan fingerprint density at radius 1 is 1.33 bits per heavy atom. The number of hydrogen-bond acceptors (Lipinski definition) is 4. The Morgan fingerprint density at radius 3 is 2.72 bits per heavy atom. The van der Waals surface area contributed by atoms with E-state index in [4.69, 9.17) is 20.8 Å². The Hall–Kier alpha value is -1.52. The van der Waals surface area contributed by atoms with Crippen molar-refractivity contribution in [2.75, 3.05) is 0 Å². The first-order valence-electron chi connectivity index (χ1n) is 5.74. The SMILES string of the molecule is CC(C)NCc1coc(Oc2ccc(Cl)cc2)n1. The average Bonchev–Trinajstić information content (AvgIpc) is 2.77. The molecule has 0 aliphatic carbocycles. The molecule has 0 unspecified atom stereocenters. The number of aromatic nitrogens is 1. The third kappa shape index (κ3) is 3.75. The third-order valence-corrected chi connectivity index (χ3v) is 2.49. The Balaban J connectivity index is 1.95. The van der Waals surface area contributed by atoms with E-state index in [1.807, 2.05) is 0 Å². The Morgan fingerprint density at radius 2 is 2.06 bits per heavy atom. The highest BCUT2D eigenvalue weighted by atomic mass is 35.5. The molecule has 1 aromatic heterocycles. The second-order valence-electron chi connectivity index (χ2n) is 4.20. The number of nitrogens with zero attached hydrogens (tertiary/aromatic N) is 1. The van der Waals surface area contributed by atoms with E-state index in [0.29, 0.717) is 23.4 Å². The highest BCUT2D eigenvalue weighted by molar-refractivity contribution is 6.30. The van der Waals surface area contributed by atoms with Crippen molar-refractivity contribution in [1.29, 1.82) is 0 Å². The van der Waals surface area contributed by atoms with Crippen LogP contribution in [0.2, 0.25) is 5.02 Å². The fourth-order valence-electron chi connectivity index (χ4n) is 1.33. The normalized spacial score (nSPS) is 10.9. The van der Waals surface area contributed by atoms with Gasteiger partial charge in [-0.1, -0.05) is 25.4 Å². The Labute approximate surface area is 111 Å². The molecule has 0 atom stereocenters. The van der Waals surface area contributed by atoms with E-state index >= 15 is 0 Å². The van der Waals surface area contributed by atoms with Crippen LogP contribution in [0.3, 0.4) is 0 Å². The number of rotatable bonds is 5. The molecule has 0 amide bonds. The molecule has 0 saturated carbocycles. The molecular formula is C13H15ClN2O2. The zero-order chi connectivity index (χ0) is 13.0. The number of hydrogen-bond donors (Lipinski definition) is 1. The quantitative estimate of drug-likeness (QED) is 0.898. The van der Waals surface area contributed by atoms with E-state index in [0.717, 1.165) is 5.69 Å². The molecule has 4 nitrogen and oxygen atoms in total. The van der Waals surface area contributed by atoms with Crippen molar-refractivity contribution in [3.05, 3.63) is 41.2 Å². The summed E-state index contributed by atoms with van der Waals surface area (Å²) in [6.07, 6.45) is 1.82. The summed E-state index contributed by atoms with van der Waals surface area (Å²) in [7, 11) is 0. The molecule has 0 aliphatic rings. The lowest BCUT2D eigenvalue weighted by Crippen LogP contribution is -2.21. The van der Waals surface area contributed by atoms with Gasteiger partial charge in [-0.2, -0.15) is 4.98 Å². The van der Waals surface area contributed by atoms with Gasteiger partial charge in [-0.05, 0) is 24.3 Å². The molecule has 2 rings (SSSR count). The Bertz CT molecular complexity index is 494. The van der Waals surface area contributed by atoms with Crippen molar-refractivity contribution in [2.24, 2.45) is 0 Å². The summed E-state index contributed by atoms with van der Waals surface area (Å²) < 4.78 is 10.7. The van der Waals surface area contributed by atoms with Crippen LogP contribution in [0.5, 0.6) is 11.8 Å². The zero-order valence-corrected chi connectivity index (χ0v) is 11.1. The predicted octanol–water partition coefficient (Wildman–Crippen LogP) is 3.62. The van der Waals surface area contributed by atoms with Crippen molar-refractivity contribution >= 4 is 11.6 Å². The van der Waals surface area contributed by atoms with E-state index in [1.165, 1.54) is 0 Å². The smallest absolute Gasteiger partial charge is 0.399 e. The van der Waals surface area contributed by atoms with Gasteiger partial charge >= 0.3 is 6.08 Å². The minimum Gasteiger partial charge on any atom is -0.417 e. The van der Waals surface area contributed by atoms with Crippen molar-refractivity contribution < 1.29 is 9.15 Å². The van der Waals surface area contributed by atoms with Gasteiger partial charge in [0, 0.05) is 17.6 Å². The molecule has 1 N–H and O–H groups in total. The Kier molecular flexibility index (Phi) is 4.23. The summed E-state index contributed by atoms with van der Waals surface area (Å²) in [6, 6.07) is 7.43. The number of oxazole rings is 1. The van der Waals surface area contributed by atoms with E-state index < -0.39 is 0 Å². The molecule has 0 spiro atoms. The van der Waals surface area contributed by atoms with Crippen LogP contribution in [0, 0.1) is 0 Å². The first-order chi connectivity index (χ1) is 8.63. The van der Waals surface area contributed by atoms with Crippen LogP contribution in [-0.2, 0) is 6.54 Å². The van der Waals surface area contributed by atoms with E-state index in [9.17, 15) is 0 Å². The van der Waals surface area contributed by atoms with Crippen molar-refractivity contribution in [3.8, 4) is 11.8 Å². The molecule has 96 valence electrons. The fourth-order valence-corrected chi connectivity index (χ4v) is 1.45. The molecule has 0 radical (unpaired) electrons. The lowest BCUT2D eigenvalue weighted by Gasteiger charge is -2.04. The van der Waals surface area contributed by atoms with Gasteiger partial charge in [0.25, 0.3) is 0 Å². The van der Waals surface area contributed by atoms with Crippen LogP contribution in [0.4, 0.5) is 0 Å². The first-order valence-corrected chi connectivity index (χ1v) is 6.12. The largest absolute Gasteiger partial charge is 0.417 e. The summed E-state index contributed by atoms with van der Waals surface area (Å²) in [5.41, 5.74) is 0.813. The van der Waals surface area contributed by atoms with Crippen molar-refractivity contribution in [2.45, 2.75) is 26.4 Å². The summed E-state index contributed by atoms with van der Waals surface area (Å²) in [5, 5.41) is 3.91.